The van der Waals surface area contributed by atoms with Crippen molar-refractivity contribution >= 4 is 5.96 Å². The largest absolute Gasteiger partial charge is 0.373 e. The first-order valence-electron chi connectivity index (χ1n) is 10.1. The van der Waals surface area contributed by atoms with Crippen molar-refractivity contribution in [2.24, 2.45) is 10.9 Å². The van der Waals surface area contributed by atoms with E-state index >= 15 is 0 Å². The zero-order valence-electron chi connectivity index (χ0n) is 17.1. The van der Waals surface area contributed by atoms with Crippen molar-refractivity contribution in [2.75, 3.05) is 26.7 Å². The maximum Gasteiger partial charge on any atom is 0.190 e. The van der Waals surface area contributed by atoms with Gasteiger partial charge in [0.1, 0.15) is 11.6 Å². The molecule has 2 aromatic carbocycles. The molecule has 2 unspecified atom stereocenters. The van der Waals surface area contributed by atoms with Gasteiger partial charge in [0.25, 0.3) is 0 Å². The Morgan fingerprint density at radius 2 is 1.93 bits per heavy atom. The van der Waals surface area contributed by atoms with Gasteiger partial charge in [0.2, 0.25) is 0 Å². The third-order valence-corrected chi connectivity index (χ3v) is 5.30. The van der Waals surface area contributed by atoms with Crippen LogP contribution in [0.1, 0.15) is 35.6 Å². The maximum absolute atomic E-state index is 13.7. The van der Waals surface area contributed by atoms with Gasteiger partial charge < -0.3 is 15.4 Å². The van der Waals surface area contributed by atoms with Crippen LogP contribution in [0.5, 0.6) is 0 Å². The molecule has 0 aromatic heterocycles. The molecule has 4 nitrogen and oxygen atoms in total. The molecule has 156 valence electrons. The highest BCUT2D eigenvalue weighted by Crippen LogP contribution is 2.33. The molecule has 0 saturated carbocycles. The minimum absolute atomic E-state index is 0.0661. The van der Waals surface area contributed by atoms with Crippen molar-refractivity contribution in [3.05, 3.63) is 70.8 Å². The number of rotatable bonds is 6. The summed E-state index contributed by atoms with van der Waals surface area (Å²) in [6.45, 7) is 4.05. The predicted octanol–water partition coefficient (Wildman–Crippen LogP) is 4.15. The number of hydrogen-bond acceptors (Lipinski definition) is 2. The molecule has 0 radical (unpaired) electrons. The molecule has 1 saturated heterocycles. The molecule has 1 aliphatic heterocycles. The molecule has 1 heterocycles. The second-order valence-electron chi connectivity index (χ2n) is 7.47. The maximum atomic E-state index is 13.7. The highest BCUT2D eigenvalue weighted by atomic mass is 19.1. The van der Waals surface area contributed by atoms with Crippen LogP contribution in [0.2, 0.25) is 0 Å². The number of aliphatic imine (C=N–C) groups is 1. The Labute approximate surface area is 171 Å². The molecule has 2 atom stereocenters. The van der Waals surface area contributed by atoms with Gasteiger partial charge in [-0.25, -0.2) is 8.78 Å². The first kappa shape index (κ1) is 21.2. The van der Waals surface area contributed by atoms with Crippen LogP contribution in [0.4, 0.5) is 8.78 Å². The van der Waals surface area contributed by atoms with Crippen LogP contribution in [0.3, 0.4) is 0 Å². The van der Waals surface area contributed by atoms with E-state index in [1.54, 1.807) is 7.05 Å². The molecule has 1 fully saturated rings. The van der Waals surface area contributed by atoms with Crippen LogP contribution in [0, 0.1) is 24.5 Å². The molecule has 29 heavy (non-hydrogen) atoms. The molecule has 0 spiro atoms. The quantitative estimate of drug-likeness (QED) is 0.565. The Morgan fingerprint density at radius 3 is 2.69 bits per heavy atom. The van der Waals surface area contributed by atoms with E-state index in [2.05, 4.69) is 46.8 Å². The Bertz CT molecular complexity index is 823. The molecular formula is C23H29F2N3O. The molecule has 0 aliphatic carbocycles. The van der Waals surface area contributed by atoms with Gasteiger partial charge in [0, 0.05) is 32.7 Å². The molecule has 0 amide bonds. The highest BCUT2D eigenvalue weighted by Gasteiger charge is 2.27. The molecule has 3 rings (SSSR count). The van der Waals surface area contributed by atoms with E-state index in [4.69, 9.17) is 4.74 Å². The van der Waals surface area contributed by atoms with Crippen molar-refractivity contribution in [1.82, 2.24) is 10.6 Å². The van der Waals surface area contributed by atoms with Crippen LogP contribution in [-0.4, -0.2) is 32.7 Å². The second-order valence-corrected chi connectivity index (χ2v) is 7.47. The van der Waals surface area contributed by atoms with E-state index in [-0.39, 0.29) is 6.10 Å². The third-order valence-electron chi connectivity index (χ3n) is 5.30. The van der Waals surface area contributed by atoms with E-state index in [1.165, 1.54) is 17.2 Å². The number of halogens is 2. The Morgan fingerprint density at radius 1 is 1.14 bits per heavy atom. The Hall–Kier alpha value is -2.47. The van der Waals surface area contributed by atoms with Gasteiger partial charge in [0.15, 0.2) is 5.96 Å². The van der Waals surface area contributed by atoms with Crippen molar-refractivity contribution < 1.29 is 13.5 Å². The van der Waals surface area contributed by atoms with Crippen LogP contribution >= 0.6 is 0 Å². The molecule has 6 heteroatoms. The number of nitrogens with one attached hydrogen (secondary N) is 2. The zero-order chi connectivity index (χ0) is 20.6. The minimum Gasteiger partial charge on any atom is -0.373 e. The monoisotopic (exact) mass is 401 g/mol. The number of hydrogen-bond donors (Lipinski definition) is 2. The Kier molecular flexibility index (Phi) is 7.58. The van der Waals surface area contributed by atoms with Crippen LogP contribution < -0.4 is 10.6 Å². The zero-order valence-corrected chi connectivity index (χ0v) is 17.1. The van der Waals surface area contributed by atoms with Crippen LogP contribution in [0.15, 0.2) is 47.5 Å². The van der Waals surface area contributed by atoms with Crippen molar-refractivity contribution in [2.45, 2.75) is 32.3 Å². The lowest BCUT2D eigenvalue weighted by Gasteiger charge is -2.32. The molecule has 0 bridgehead atoms. The van der Waals surface area contributed by atoms with Gasteiger partial charge in [-0.05, 0) is 55.5 Å². The topological polar surface area (TPSA) is 45.7 Å². The first-order valence-corrected chi connectivity index (χ1v) is 10.1. The fraction of sp³-hybridized carbons (Fsp3) is 0.435. The summed E-state index contributed by atoms with van der Waals surface area (Å²) in [4.78, 5) is 4.24. The number of benzene rings is 2. The van der Waals surface area contributed by atoms with Gasteiger partial charge >= 0.3 is 0 Å². The summed E-state index contributed by atoms with van der Waals surface area (Å²) >= 11 is 0. The fourth-order valence-corrected chi connectivity index (χ4v) is 3.68. The number of guanidine groups is 1. The standard InChI is InChI=1S/C23H29F2N3O/c1-16-5-7-17(8-6-16)22-19(4-3-13-29-22)15-28-23(26-2)27-12-11-18-14-20(24)9-10-21(18)25/h5-10,14,19,22H,3-4,11-13,15H2,1-2H3,(H2,26,27,28). The highest BCUT2D eigenvalue weighted by molar-refractivity contribution is 5.79. The summed E-state index contributed by atoms with van der Waals surface area (Å²) in [5.74, 6) is 0.167. The summed E-state index contributed by atoms with van der Waals surface area (Å²) in [5, 5.41) is 6.53. The van der Waals surface area contributed by atoms with Crippen molar-refractivity contribution in [1.29, 1.82) is 0 Å². The SMILES string of the molecule is CN=C(NCCc1cc(F)ccc1F)NCC1CCCOC1c1ccc(C)cc1. The average molecular weight is 402 g/mol. The van der Waals surface area contributed by atoms with Crippen molar-refractivity contribution in [3.8, 4) is 0 Å². The molecular weight excluding hydrogens is 372 g/mol. The van der Waals surface area contributed by atoms with Crippen molar-refractivity contribution in [3.63, 3.8) is 0 Å². The fourth-order valence-electron chi connectivity index (χ4n) is 3.68. The summed E-state index contributed by atoms with van der Waals surface area (Å²) in [6.07, 6.45) is 2.57. The molecule has 1 aliphatic rings. The molecule has 2 N–H and O–H groups in total. The van der Waals surface area contributed by atoms with Gasteiger partial charge in [0.05, 0.1) is 6.10 Å². The minimum atomic E-state index is -0.427. The van der Waals surface area contributed by atoms with E-state index < -0.39 is 11.6 Å². The summed E-state index contributed by atoms with van der Waals surface area (Å²) in [6, 6.07) is 12.0. The normalized spacial score (nSPS) is 19.8. The van der Waals surface area contributed by atoms with Gasteiger partial charge in [-0.2, -0.15) is 0 Å². The first-order chi connectivity index (χ1) is 14.1. The van der Waals surface area contributed by atoms with E-state index in [9.17, 15) is 8.78 Å². The smallest absolute Gasteiger partial charge is 0.190 e. The van der Waals surface area contributed by atoms with Gasteiger partial charge in [-0.15, -0.1) is 0 Å². The predicted molar refractivity (Wildman–Crippen MR) is 112 cm³/mol. The van der Waals surface area contributed by atoms with E-state index in [1.807, 2.05) is 0 Å². The average Bonchev–Trinajstić information content (AvgIpc) is 2.74. The van der Waals surface area contributed by atoms with E-state index in [0.717, 1.165) is 38.1 Å². The summed E-state index contributed by atoms with van der Waals surface area (Å²) < 4.78 is 33.1. The van der Waals surface area contributed by atoms with Crippen LogP contribution in [-0.2, 0) is 11.2 Å². The lowest BCUT2D eigenvalue weighted by Crippen LogP contribution is -2.42. The molecule has 2 aromatic rings. The second kappa shape index (κ2) is 10.3. The summed E-state index contributed by atoms with van der Waals surface area (Å²) in [7, 11) is 1.70. The number of nitrogens with zero attached hydrogens (tertiary/aromatic N) is 1. The summed E-state index contributed by atoms with van der Waals surface area (Å²) in [5.41, 5.74) is 2.79. The lowest BCUT2D eigenvalue weighted by molar-refractivity contribution is -0.0265. The van der Waals surface area contributed by atoms with Crippen LogP contribution in [0.25, 0.3) is 0 Å². The lowest BCUT2D eigenvalue weighted by atomic mass is 9.89. The number of aryl methyl sites for hydroxylation is 1. The van der Waals surface area contributed by atoms with Gasteiger partial charge in [-0.3, -0.25) is 4.99 Å². The van der Waals surface area contributed by atoms with Gasteiger partial charge in [-0.1, -0.05) is 29.8 Å². The Balaban J connectivity index is 1.52. The third kappa shape index (κ3) is 6.00. The van der Waals surface area contributed by atoms with E-state index in [0.29, 0.717) is 30.4 Å². The number of ether oxygens (including phenoxy) is 1.